The Morgan fingerprint density at radius 1 is 1.70 bits per heavy atom. The molecule has 3 heteroatoms. The zero-order valence-corrected chi connectivity index (χ0v) is 6.04. The summed E-state index contributed by atoms with van der Waals surface area (Å²) in [4.78, 5) is 10.5. The summed E-state index contributed by atoms with van der Waals surface area (Å²) in [7, 11) is 0. The summed E-state index contributed by atoms with van der Waals surface area (Å²) < 4.78 is 4.64. The molecule has 0 aliphatic rings. The fraction of sp³-hybridized carbons (Fsp3) is 0.571. The molecule has 0 aromatic carbocycles. The highest BCUT2D eigenvalue weighted by atomic mass is 16.5. The molecule has 0 rings (SSSR count). The molecule has 0 unspecified atom stereocenters. The molecule has 0 radical (unpaired) electrons. The van der Waals surface area contributed by atoms with Gasteiger partial charge in [-0.05, 0) is 6.92 Å². The minimum atomic E-state index is -0.351. The number of hydrogen-bond donors (Lipinski definition) is 1. The normalized spacial score (nSPS) is 10.2. The second kappa shape index (κ2) is 6.29. The van der Waals surface area contributed by atoms with Gasteiger partial charge in [0.15, 0.2) is 0 Å². The number of aliphatic hydroxyl groups is 1. The van der Waals surface area contributed by atoms with Crippen LogP contribution in [0.15, 0.2) is 12.2 Å². The summed E-state index contributed by atoms with van der Waals surface area (Å²) in [6, 6.07) is 0. The minimum absolute atomic E-state index is 0.0587. The predicted octanol–water partition coefficient (Wildman–Crippen LogP) is 0.488. The third kappa shape index (κ3) is 5.31. The standard InChI is InChI=1S/C7H12O3/c1-2-4-7(9)10-6-3-5-8/h2,4,8H,3,5-6H2,1H3. The van der Waals surface area contributed by atoms with Crippen LogP contribution in [0.5, 0.6) is 0 Å². The Kier molecular flexibility index (Phi) is 5.77. The molecule has 0 aliphatic heterocycles. The average molecular weight is 144 g/mol. The van der Waals surface area contributed by atoms with Crippen molar-refractivity contribution in [2.45, 2.75) is 13.3 Å². The van der Waals surface area contributed by atoms with Crippen molar-refractivity contribution >= 4 is 5.97 Å². The number of allylic oxidation sites excluding steroid dienone is 1. The first-order valence-electron chi connectivity index (χ1n) is 3.21. The monoisotopic (exact) mass is 144 g/mol. The lowest BCUT2D eigenvalue weighted by Crippen LogP contribution is -2.03. The van der Waals surface area contributed by atoms with Crippen molar-refractivity contribution in [3.63, 3.8) is 0 Å². The van der Waals surface area contributed by atoms with Crippen LogP contribution in [-0.2, 0) is 9.53 Å². The summed E-state index contributed by atoms with van der Waals surface area (Å²) in [5, 5.41) is 8.30. The zero-order chi connectivity index (χ0) is 7.82. The SMILES string of the molecule is CC=CC(=O)OCCCO. The molecule has 0 aromatic rings. The van der Waals surface area contributed by atoms with Crippen molar-refractivity contribution in [2.75, 3.05) is 13.2 Å². The second-order valence-electron chi connectivity index (χ2n) is 1.74. The average Bonchev–Trinajstić information content (AvgIpc) is 1.89. The Labute approximate surface area is 60.3 Å². The molecule has 0 saturated heterocycles. The first kappa shape index (κ1) is 9.17. The molecule has 0 bridgehead atoms. The van der Waals surface area contributed by atoms with Crippen LogP contribution in [0, 0.1) is 0 Å². The van der Waals surface area contributed by atoms with E-state index >= 15 is 0 Å². The van der Waals surface area contributed by atoms with Crippen LogP contribution in [0.1, 0.15) is 13.3 Å². The predicted molar refractivity (Wildman–Crippen MR) is 37.5 cm³/mol. The van der Waals surface area contributed by atoms with Gasteiger partial charge in [-0.1, -0.05) is 6.08 Å². The van der Waals surface area contributed by atoms with Crippen molar-refractivity contribution in [3.05, 3.63) is 12.2 Å². The highest BCUT2D eigenvalue weighted by molar-refractivity contribution is 5.81. The van der Waals surface area contributed by atoms with Gasteiger partial charge < -0.3 is 9.84 Å². The van der Waals surface area contributed by atoms with Crippen LogP contribution in [0.2, 0.25) is 0 Å². The van der Waals surface area contributed by atoms with Crippen molar-refractivity contribution < 1.29 is 14.6 Å². The van der Waals surface area contributed by atoms with E-state index in [4.69, 9.17) is 5.11 Å². The molecule has 1 N–H and O–H groups in total. The van der Waals surface area contributed by atoms with E-state index in [-0.39, 0.29) is 12.6 Å². The lowest BCUT2D eigenvalue weighted by atomic mass is 10.5. The molecular formula is C7H12O3. The Balaban J connectivity index is 3.22. The van der Waals surface area contributed by atoms with E-state index < -0.39 is 0 Å². The van der Waals surface area contributed by atoms with Crippen molar-refractivity contribution in [1.29, 1.82) is 0 Å². The zero-order valence-electron chi connectivity index (χ0n) is 6.04. The maximum atomic E-state index is 10.5. The Morgan fingerprint density at radius 2 is 2.40 bits per heavy atom. The van der Waals surface area contributed by atoms with E-state index in [2.05, 4.69) is 4.74 Å². The van der Waals surface area contributed by atoms with Gasteiger partial charge in [-0.15, -0.1) is 0 Å². The maximum Gasteiger partial charge on any atom is 0.330 e. The number of ether oxygens (including phenoxy) is 1. The van der Waals surface area contributed by atoms with Crippen molar-refractivity contribution in [3.8, 4) is 0 Å². The molecule has 0 aliphatic carbocycles. The quantitative estimate of drug-likeness (QED) is 0.355. The Morgan fingerprint density at radius 3 is 2.90 bits per heavy atom. The highest BCUT2D eigenvalue weighted by Gasteiger charge is 1.92. The van der Waals surface area contributed by atoms with E-state index in [0.717, 1.165) is 0 Å². The summed E-state index contributed by atoms with van der Waals surface area (Å²) >= 11 is 0. The van der Waals surface area contributed by atoms with Gasteiger partial charge in [-0.3, -0.25) is 0 Å². The summed E-state index contributed by atoms with van der Waals surface area (Å²) in [6.07, 6.45) is 3.46. The van der Waals surface area contributed by atoms with Gasteiger partial charge >= 0.3 is 5.97 Å². The summed E-state index contributed by atoms with van der Waals surface area (Å²) in [5.41, 5.74) is 0. The van der Waals surface area contributed by atoms with Gasteiger partial charge in [0.2, 0.25) is 0 Å². The molecule has 0 aromatic heterocycles. The van der Waals surface area contributed by atoms with E-state index in [0.29, 0.717) is 13.0 Å². The topological polar surface area (TPSA) is 46.5 Å². The van der Waals surface area contributed by atoms with Crippen LogP contribution in [-0.4, -0.2) is 24.3 Å². The van der Waals surface area contributed by atoms with Gasteiger partial charge in [0.05, 0.1) is 6.61 Å². The fourth-order valence-corrected chi connectivity index (χ4v) is 0.422. The fourth-order valence-electron chi connectivity index (χ4n) is 0.422. The number of carbonyl (C=O) groups excluding carboxylic acids is 1. The molecule has 0 fully saturated rings. The van der Waals surface area contributed by atoms with Gasteiger partial charge in [0, 0.05) is 19.1 Å². The lowest BCUT2D eigenvalue weighted by Gasteiger charge is -1.97. The Hall–Kier alpha value is -0.830. The third-order valence-electron chi connectivity index (χ3n) is 0.850. The van der Waals surface area contributed by atoms with Crippen LogP contribution < -0.4 is 0 Å². The number of aliphatic hydroxyl groups excluding tert-OH is 1. The van der Waals surface area contributed by atoms with E-state index in [1.54, 1.807) is 13.0 Å². The molecule has 0 spiro atoms. The number of rotatable bonds is 4. The van der Waals surface area contributed by atoms with Crippen LogP contribution in [0.25, 0.3) is 0 Å². The number of carbonyl (C=O) groups is 1. The molecule has 58 valence electrons. The maximum absolute atomic E-state index is 10.5. The number of hydrogen-bond acceptors (Lipinski definition) is 3. The molecule has 0 amide bonds. The summed E-state index contributed by atoms with van der Waals surface area (Å²) in [6.45, 7) is 2.09. The Bertz CT molecular complexity index is 118. The molecular weight excluding hydrogens is 132 g/mol. The summed E-state index contributed by atoms with van der Waals surface area (Å²) in [5.74, 6) is -0.351. The first-order valence-corrected chi connectivity index (χ1v) is 3.21. The molecule has 0 heterocycles. The number of esters is 1. The third-order valence-corrected chi connectivity index (χ3v) is 0.850. The van der Waals surface area contributed by atoms with Gasteiger partial charge in [0.1, 0.15) is 0 Å². The van der Waals surface area contributed by atoms with Gasteiger partial charge in [-0.25, -0.2) is 4.79 Å². The highest BCUT2D eigenvalue weighted by Crippen LogP contribution is 1.84. The first-order chi connectivity index (χ1) is 4.81. The largest absolute Gasteiger partial charge is 0.462 e. The molecule has 0 atom stereocenters. The molecule has 10 heavy (non-hydrogen) atoms. The smallest absolute Gasteiger partial charge is 0.330 e. The van der Waals surface area contributed by atoms with Crippen LogP contribution >= 0.6 is 0 Å². The van der Waals surface area contributed by atoms with Gasteiger partial charge in [0.25, 0.3) is 0 Å². The van der Waals surface area contributed by atoms with E-state index in [1.165, 1.54) is 6.08 Å². The van der Waals surface area contributed by atoms with Crippen molar-refractivity contribution in [2.24, 2.45) is 0 Å². The van der Waals surface area contributed by atoms with E-state index in [9.17, 15) is 4.79 Å². The van der Waals surface area contributed by atoms with Gasteiger partial charge in [-0.2, -0.15) is 0 Å². The molecule has 3 nitrogen and oxygen atoms in total. The molecule has 0 saturated carbocycles. The second-order valence-corrected chi connectivity index (χ2v) is 1.74. The lowest BCUT2D eigenvalue weighted by molar-refractivity contribution is -0.138. The minimum Gasteiger partial charge on any atom is -0.462 e. The van der Waals surface area contributed by atoms with E-state index in [1.807, 2.05) is 0 Å². The van der Waals surface area contributed by atoms with Crippen molar-refractivity contribution in [1.82, 2.24) is 0 Å². The van der Waals surface area contributed by atoms with Crippen LogP contribution in [0.4, 0.5) is 0 Å². The van der Waals surface area contributed by atoms with Crippen LogP contribution in [0.3, 0.4) is 0 Å².